The van der Waals surface area contributed by atoms with Crippen molar-refractivity contribution in [2.45, 2.75) is 38.5 Å². The van der Waals surface area contributed by atoms with Gasteiger partial charge in [-0.2, -0.15) is 0 Å². The summed E-state index contributed by atoms with van der Waals surface area (Å²) >= 11 is 0. The van der Waals surface area contributed by atoms with E-state index in [1.54, 1.807) is 0 Å². The Bertz CT molecular complexity index is 164. The molecule has 15 heavy (non-hydrogen) atoms. The van der Waals surface area contributed by atoms with Gasteiger partial charge in [0.05, 0.1) is 18.8 Å². The van der Waals surface area contributed by atoms with Gasteiger partial charge in [0, 0.05) is 19.1 Å². The average molecular weight is 216 g/mol. The van der Waals surface area contributed by atoms with Crippen LogP contribution in [0.3, 0.4) is 0 Å². The fourth-order valence-electron chi connectivity index (χ4n) is 2.13. The summed E-state index contributed by atoms with van der Waals surface area (Å²) in [5, 5.41) is 12.2. The molecule has 4 nitrogen and oxygen atoms in total. The van der Waals surface area contributed by atoms with Crippen LogP contribution in [-0.4, -0.2) is 61.5 Å². The number of morpholine rings is 1. The molecule has 0 aromatic carbocycles. The van der Waals surface area contributed by atoms with Crippen LogP contribution in [-0.2, 0) is 4.74 Å². The van der Waals surface area contributed by atoms with Gasteiger partial charge in [0.15, 0.2) is 0 Å². The highest BCUT2D eigenvalue weighted by Crippen LogP contribution is 2.11. The van der Waals surface area contributed by atoms with Crippen molar-refractivity contribution in [1.82, 2.24) is 10.2 Å². The number of nitrogens with one attached hydrogen (secondary N) is 1. The summed E-state index contributed by atoms with van der Waals surface area (Å²) in [7, 11) is 1.89. The molecular formula is C11H24N2O2. The molecule has 0 bridgehead atoms. The Morgan fingerprint density at radius 1 is 1.40 bits per heavy atom. The van der Waals surface area contributed by atoms with Crippen LogP contribution in [0, 0.1) is 0 Å². The zero-order valence-electron chi connectivity index (χ0n) is 10.1. The largest absolute Gasteiger partial charge is 0.395 e. The second-order valence-electron chi connectivity index (χ2n) is 4.47. The normalized spacial score (nSPS) is 30.4. The van der Waals surface area contributed by atoms with Gasteiger partial charge >= 0.3 is 0 Å². The highest BCUT2D eigenvalue weighted by atomic mass is 16.5. The second-order valence-corrected chi connectivity index (χ2v) is 4.47. The fourth-order valence-corrected chi connectivity index (χ4v) is 2.13. The second kappa shape index (κ2) is 6.43. The van der Waals surface area contributed by atoms with Crippen molar-refractivity contribution >= 4 is 0 Å². The van der Waals surface area contributed by atoms with Gasteiger partial charge < -0.3 is 15.2 Å². The Hall–Kier alpha value is -0.160. The number of nitrogens with zero attached hydrogens (tertiary/aromatic N) is 1. The third kappa shape index (κ3) is 4.47. The van der Waals surface area contributed by atoms with Crippen LogP contribution < -0.4 is 5.32 Å². The first kappa shape index (κ1) is 12.9. The predicted octanol–water partition coefficient (Wildman–Crippen LogP) is 0.0660. The molecule has 1 fully saturated rings. The number of aliphatic hydroxyl groups is 1. The van der Waals surface area contributed by atoms with Gasteiger partial charge in [0.1, 0.15) is 0 Å². The molecule has 1 rings (SSSR count). The molecule has 4 heteroatoms. The van der Waals surface area contributed by atoms with Crippen LogP contribution in [0.25, 0.3) is 0 Å². The van der Waals surface area contributed by atoms with Crippen molar-refractivity contribution in [2.75, 3.05) is 33.3 Å². The van der Waals surface area contributed by atoms with Crippen LogP contribution >= 0.6 is 0 Å². The van der Waals surface area contributed by atoms with E-state index in [1.807, 2.05) is 7.05 Å². The van der Waals surface area contributed by atoms with E-state index < -0.39 is 0 Å². The third-order valence-electron chi connectivity index (χ3n) is 2.92. The molecule has 1 unspecified atom stereocenters. The van der Waals surface area contributed by atoms with Gasteiger partial charge in [-0.15, -0.1) is 0 Å². The molecule has 90 valence electrons. The van der Waals surface area contributed by atoms with E-state index in [0.717, 1.165) is 26.1 Å². The number of aliphatic hydroxyl groups excluding tert-OH is 1. The third-order valence-corrected chi connectivity index (χ3v) is 2.92. The van der Waals surface area contributed by atoms with Crippen LogP contribution in [0.15, 0.2) is 0 Å². The number of hydrogen-bond acceptors (Lipinski definition) is 4. The zero-order valence-corrected chi connectivity index (χ0v) is 10.1. The standard InChI is InChI=1S/C11H24N2O2/c1-9-6-13(7-10(2)15-9)5-4-11(8-14)12-3/h9-12,14H,4-8H2,1-3H3/t9-,10+,11?. The summed E-state index contributed by atoms with van der Waals surface area (Å²) < 4.78 is 5.67. The minimum atomic E-state index is 0.214. The maximum Gasteiger partial charge on any atom is 0.0678 e. The van der Waals surface area contributed by atoms with E-state index in [-0.39, 0.29) is 12.6 Å². The van der Waals surface area contributed by atoms with Crippen molar-refractivity contribution in [3.63, 3.8) is 0 Å². The molecule has 0 spiro atoms. The van der Waals surface area contributed by atoms with Crippen LogP contribution in [0.1, 0.15) is 20.3 Å². The van der Waals surface area contributed by atoms with Crippen LogP contribution in [0.2, 0.25) is 0 Å². The number of hydrogen-bond donors (Lipinski definition) is 2. The Morgan fingerprint density at radius 2 is 2.00 bits per heavy atom. The monoisotopic (exact) mass is 216 g/mol. The lowest BCUT2D eigenvalue weighted by Gasteiger charge is -2.35. The molecule has 3 atom stereocenters. The maximum atomic E-state index is 9.05. The Kier molecular flexibility index (Phi) is 5.53. The molecule has 1 aliphatic heterocycles. The van der Waals surface area contributed by atoms with E-state index in [0.29, 0.717) is 12.2 Å². The zero-order chi connectivity index (χ0) is 11.3. The molecule has 0 amide bonds. The average Bonchev–Trinajstić information content (AvgIpc) is 2.18. The number of rotatable bonds is 5. The summed E-state index contributed by atoms with van der Waals surface area (Å²) in [6.45, 7) is 7.49. The first-order valence-corrected chi connectivity index (χ1v) is 5.81. The molecule has 1 aliphatic rings. The van der Waals surface area contributed by atoms with E-state index >= 15 is 0 Å². The summed E-state index contributed by atoms with van der Waals surface area (Å²) in [6.07, 6.45) is 1.65. The summed E-state index contributed by atoms with van der Waals surface area (Å²) in [4.78, 5) is 2.42. The molecule has 0 radical (unpaired) electrons. The lowest BCUT2D eigenvalue weighted by Crippen LogP contribution is -2.47. The van der Waals surface area contributed by atoms with Crippen molar-refractivity contribution in [3.8, 4) is 0 Å². The molecule has 0 aromatic heterocycles. The number of ether oxygens (including phenoxy) is 1. The molecule has 0 saturated carbocycles. The molecular weight excluding hydrogens is 192 g/mol. The summed E-state index contributed by atoms with van der Waals surface area (Å²) in [5.74, 6) is 0. The fraction of sp³-hybridized carbons (Fsp3) is 1.00. The van der Waals surface area contributed by atoms with Gasteiger partial charge in [-0.1, -0.05) is 0 Å². The quantitative estimate of drug-likeness (QED) is 0.682. The predicted molar refractivity (Wildman–Crippen MR) is 61.0 cm³/mol. The van der Waals surface area contributed by atoms with E-state index in [9.17, 15) is 0 Å². The minimum absolute atomic E-state index is 0.214. The SMILES string of the molecule is CNC(CO)CCN1C[C@@H](C)O[C@@H](C)C1. The van der Waals surface area contributed by atoms with E-state index in [1.165, 1.54) is 0 Å². The molecule has 0 aliphatic carbocycles. The molecule has 0 aromatic rings. The van der Waals surface area contributed by atoms with Crippen molar-refractivity contribution in [3.05, 3.63) is 0 Å². The van der Waals surface area contributed by atoms with E-state index in [4.69, 9.17) is 9.84 Å². The van der Waals surface area contributed by atoms with Gasteiger partial charge in [0.25, 0.3) is 0 Å². The first-order chi connectivity index (χ1) is 7.15. The van der Waals surface area contributed by atoms with Gasteiger partial charge in [-0.3, -0.25) is 4.90 Å². The van der Waals surface area contributed by atoms with Crippen LogP contribution in [0.4, 0.5) is 0 Å². The van der Waals surface area contributed by atoms with Gasteiger partial charge in [-0.25, -0.2) is 0 Å². The topological polar surface area (TPSA) is 44.7 Å². The summed E-state index contributed by atoms with van der Waals surface area (Å²) in [6, 6.07) is 0.221. The number of likely N-dealkylation sites (N-methyl/N-ethyl adjacent to an activating group) is 1. The Labute approximate surface area is 92.6 Å². The highest BCUT2D eigenvalue weighted by Gasteiger charge is 2.22. The van der Waals surface area contributed by atoms with Crippen molar-refractivity contribution < 1.29 is 9.84 Å². The molecule has 2 N–H and O–H groups in total. The lowest BCUT2D eigenvalue weighted by atomic mass is 10.1. The highest BCUT2D eigenvalue weighted by molar-refractivity contribution is 4.75. The van der Waals surface area contributed by atoms with Gasteiger partial charge in [0.2, 0.25) is 0 Å². The Balaban J connectivity index is 2.25. The van der Waals surface area contributed by atoms with Crippen molar-refractivity contribution in [2.24, 2.45) is 0 Å². The minimum Gasteiger partial charge on any atom is -0.395 e. The van der Waals surface area contributed by atoms with Gasteiger partial charge in [-0.05, 0) is 33.9 Å². The van der Waals surface area contributed by atoms with Crippen LogP contribution in [0.5, 0.6) is 0 Å². The van der Waals surface area contributed by atoms with E-state index in [2.05, 4.69) is 24.1 Å². The first-order valence-electron chi connectivity index (χ1n) is 5.81. The molecule has 1 saturated heterocycles. The molecule has 1 heterocycles. The summed E-state index contributed by atoms with van der Waals surface area (Å²) in [5.41, 5.74) is 0. The smallest absolute Gasteiger partial charge is 0.0678 e. The Morgan fingerprint density at radius 3 is 2.47 bits per heavy atom. The lowest BCUT2D eigenvalue weighted by molar-refractivity contribution is -0.0687. The maximum absolute atomic E-state index is 9.05. The van der Waals surface area contributed by atoms with Crippen molar-refractivity contribution in [1.29, 1.82) is 0 Å².